The van der Waals surface area contributed by atoms with Gasteiger partial charge >= 0.3 is 0 Å². The first-order valence-electron chi connectivity index (χ1n) is 6.40. The molecular weight excluding hydrogens is 226 g/mol. The number of ketones is 1. The zero-order valence-electron chi connectivity index (χ0n) is 11.9. The van der Waals surface area contributed by atoms with Gasteiger partial charge in [0.2, 0.25) is 0 Å². The Labute approximate surface area is 109 Å². The quantitative estimate of drug-likeness (QED) is 0.816. The molecule has 1 atom stereocenters. The second kappa shape index (κ2) is 6.01. The highest BCUT2D eigenvalue weighted by Crippen LogP contribution is 2.21. The monoisotopic (exact) mass is 249 g/mol. The molecule has 0 aliphatic heterocycles. The van der Waals surface area contributed by atoms with E-state index in [9.17, 15) is 4.79 Å². The molecule has 0 heterocycles. The minimum absolute atomic E-state index is 0.0100. The van der Waals surface area contributed by atoms with Gasteiger partial charge in [0.15, 0.2) is 5.78 Å². The van der Waals surface area contributed by atoms with Crippen LogP contribution in [-0.4, -0.2) is 17.9 Å². The maximum atomic E-state index is 12.1. The van der Waals surface area contributed by atoms with Crippen molar-refractivity contribution < 1.29 is 9.53 Å². The lowest BCUT2D eigenvalue weighted by Gasteiger charge is -2.16. The molecule has 0 amide bonds. The molecule has 1 rings (SSSR count). The molecule has 3 nitrogen and oxygen atoms in total. The lowest BCUT2D eigenvalue weighted by Crippen LogP contribution is -2.35. The van der Waals surface area contributed by atoms with Crippen molar-refractivity contribution in [1.82, 2.24) is 0 Å². The minimum atomic E-state index is -0.443. The average molecular weight is 249 g/mol. The van der Waals surface area contributed by atoms with E-state index < -0.39 is 6.04 Å². The van der Waals surface area contributed by atoms with Crippen LogP contribution in [0.15, 0.2) is 18.2 Å². The van der Waals surface area contributed by atoms with Gasteiger partial charge in [0.05, 0.1) is 12.1 Å². The number of rotatable bonds is 5. The van der Waals surface area contributed by atoms with Crippen LogP contribution in [0, 0.1) is 12.8 Å². The number of nitrogens with two attached hydrogens (primary N) is 1. The van der Waals surface area contributed by atoms with Gasteiger partial charge in [-0.3, -0.25) is 4.79 Å². The Morgan fingerprint density at radius 3 is 2.28 bits per heavy atom. The first-order valence-corrected chi connectivity index (χ1v) is 6.40. The van der Waals surface area contributed by atoms with Crippen molar-refractivity contribution in [3.8, 4) is 5.75 Å². The predicted molar refractivity (Wildman–Crippen MR) is 74.1 cm³/mol. The molecule has 0 radical (unpaired) electrons. The number of hydrogen-bond acceptors (Lipinski definition) is 3. The Hall–Kier alpha value is -1.35. The molecule has 3 heteroatoms. The molecule has 0 aliphatic rings. The van der Waals surface area contributed by atoms with Gasteiger partial charge in [-0.2, -0.15) is 0 Å². The normalized spacial score (nSPS) is 12.9. The highest BCUT2D eigenvalue weighted by Gasteiger charge is 2.19. The van der Waals surface area contributed by atoms with Crippen molar-refractivity contribution in [2.45, 2.75) is 46.8 Å². The summed E-state index contributed by atoms with van der Waals surface area (Å²) in [6.07, 6.45) is 0.128. The van der Waals surface area contributed by atoms with Crippen molar-refractivity contribution in [2.24, 2.45) is 11.7 Å². The second-order valence-corrected chi connectivity index (χ2v) is 5.28. The standard InChI is InChI=1S/C15H23NO2/c1-9(2)14(16)15(17)12-6-7-13(11(5)8-12)18-10(3)4/h6-10,14H,16H2,1-5H3. The number of Topliss-reactive ketones (excluding diaryl/α,β-unsaturated/α-hetero) is 1. The van der Waals surface area contributed by atoms with E-state index in [4.69, 9.17) is 10.5 Å². The number of ether oxygens (including phenoxy) is 1. The largest absolute Gasteiger partial charge is 0.491 e. The van der Waals surface area contributed by atoms with Crippen molar-refractivity contribution in [2.75, 3.05) is 0 Å². The predicted octanol–water partition coefficient (Wildman–Crippen LogP) is 2.95. The van der Waals surface area contributed by atoms with E-state index in [0.29, 0.717) is 5.56 Å². The first kappa shape index (κ1) is 14.7. The van der Waals surface area contributed by atoms with Gasteiger partial charge in [0, 0.05) is 5.56 Å². The molecule has 0 saturated carbocycles. The van der Waals surface area contributed by atoms with E-state index in [1.807, 2.05) is 46.8 Å². The van der Waals surface area contributed by atoms with Crippen LogP contribution in [0.5, 0.6) is 5.75 Å². The third-order valence-corrected chi connectivity index (χ3v) is 2.84. The maximum absolute atomic E-state index is 12.1. The molecule has 1 aromatic carbocycles. The Morgan fingerprint density at radius 1 is 1.22 bits per heavy atom. The maximum Gasteiger partial charge on any atom is 0.179 e. The van der Waals surface area contributed by atoms with Crippen LogP contribution in [0.1, 0.15) is 43.6 Å². The van der Waals surface area contributed by atoms with Crippen molar-refractivity contribution in [3.05, 3.63) is 29.3 Å². The lowest BCUT2D eigenvalue weighted by molar-refractivity contribution is 0.0940. The SMILES string of the molecule is Cc1cc(C(=O)C(N)C(C)C)ccc1OC(C)C. The fourth-order valence-electron chi connectivity index (χ4n) is 1.68. The molecule has 2 N–H and O–H groups in total. The zero-order valence-corrected chi connectivity index (χ0v) is 11.9. The van der Waals surface area contributed by atoms with Crippen molar-refractivity contribution >= 4 is 5.78 Å². The molecule has 0 bridgehead atoms. The van der Waals surface area contributed by atoms with Crippen LogP contribution >= 0.6 is 0 Å². The van der Waals surface area contributed by atoms with Gasteiger partial charge in [-0.1, -0.05) is 13.8 Å². The van der Waals surface area contributed by atoms with E-state index in [1.54, 1.807) is 6.07 Å². The zero-order chi connectivity index (χ0) is 13.9. The third-order valence-electron chi connectivity index (χ3n) is 2.84. The Bertz CT molecular complexity index is 425. The van der Waals surface area contributed by atoms with Gasteiger partial charge < -0.3 is 10.5 Å². The van der Waals surface area contributed by atoms with Crippen LogP contribution in [0.4, 0.5) is 0 Å². The van der Waals surface area contributed by atoms with Crippen LogP contribution in [-0.2, 0) is 0 Å². The van der Waals surface area contributed by atoms with E-state index in [-0.39, 0.29) is 17.8 Å². The highest BCUT2D eigenvalue weighted by atomic mass is 16.5. The lowest BCUT2D eigenvalue weighted by atomic mass is 9.95. The molecule has 0 aliphatic carbocycles. The van der Waals surface area contributed by atoms with Crippen molar-refractivity contribution in [3.63, 3.8) is 0 Å². The average Bonchev–Trinajstić information content (AvgIpc) is 2.29. The summed E-state index contributed by atoms with van der Waals surface area (Å²) in [5.74, 6) is 0.952. The molecular formula is C15H23NO2. The van der Waals surface area contributed by atoms with Gasteiger partial charge in [-0.25, -0.2) is 0 Å². The molecule has 1 aromatic rings. The number of aryl methyl sites for hydroxylation is 1. The molecule has 0 saturated heterocycles. The molecule has 0 spiro atoms. The summed E-state index contributed by atoms with van der Waals surface area (Å²) < 4.78 is 5.65. The fraction of sp³-hybridized carbons (Fsp3) is 0.533. The number of carbonyl (C=O) groups excluding carboxylic acids is 1. The number of hydrogen-bond donors (Lipinski definition) is 1. The van der Waals surface area contributed by atoms with Crippen molar-refractivity contribution in [1.29, 1.82) is 0 Å². The van der Waals surface area contributed by atoms with Gasteiger partial charge in [-0.15, -0.1) is 0 Å². The van der Waals surface area contributed by atoms with Gasteiger partial charge in [0.25, 0.3) is 0 Å². The van der Waals surface area contributed by atoms with Gasteiger partial charge in [-0.05, 0) is 50.5 Å². The van der Waals surface area contributed by atoms with E-state index >= 15 is 0 Å². The number of carbonyl (C=O) groups is 1. The molecule has 0 aromatic heterocycles. The third kappa shape index (κ3) is 3.57. The van der Waals surface area contributed by atoms with Crippen LogP contribution in [0.2, 0.25) is 0 Å². The highest BCUT2D eigenvalue weighted by molar-refractivity contribution is 6.00. The molecule has 0 fully saturated rings. The molecule has 18 heavy (non-hydrogen) atoms. The first-order chi connectivity index (χ1) is 8.32. The Kier molecular flexibility index (Phi) is 4.91. The second-order valence-electron chi connectivity index (χ2n) is 5.28. The van der Waals surface area contributed by atoms with Gasteiger partial charge in [0.1, 0.15) is 5.75 Å². The van der Waals surface area contributed by atoms with Crippen LogP contribution in [0.25, 0.3) is 0 Å². The Morgan fingerprint density at radius 2 is 1.83 bits per heavy atom. The summed E-state index contributed by atoms with van der Waals surface area (Å²) >= 11 is 0. The topological polar surface area (TPSA) is 52.3 Å². The van der Waals surface area contributed by atoms with E-state index in [2.05, 4.69) is 0 Å². The van der Waals surface area contributed by atoms with E-state index in [0.717, 1.165) is 11.3 Å². The summed E-state index contributed by atoms with van der Waals surface area (Å²) in [6, 6.07) is 5.04. The summed E-state index contributed by atoms with van der Waals surface area (Å²) in [7, 11) is 0. The van der Waals surface area contributed by atoms with E-state index in [1.165, 1.54) is 0 Å². The minimum Gasteiger partial charge on any atom is -0.491 e. The summed E-state index contributed by atoms with van der Waals surface area (Å²) in [5, 5.41) is 0. The molecule has 100 valence electrons. The van der Waals surface area contributed by atoms with Crippen LogP contribution < -0.4 is 10.5 Å². The Balaban J connectivity index is 2.94. The molecule has 1 unspecified atom stereocenters. The summed E-state index contributed by atoms with van der Waals surface area (Å²) in [5.41, 5.74) is 7.50. The number of benzene rings is 1. The summed E-state index contributed by atoms with van der Waals surface area (Å²) in [6.45, 7) is 9.80. The smallest absolute Gasteiger partial charge is 0.179 e. The fourth-order valence-corrected chi connectivity index (χ4v) is 1.68. The summed E-state index contributed by atoms with van der Waals surface area (Å²) in [4.78, 5) is 12.1. The van der Waals surface area contributed by atoms with Crippen LogP contribution in [0.3, 0.4) is 0 Å².